The fourth-order valence-electron chi connectivity index (χ4n) is 1.72. The molecule has 0 radical (unpaired) electrons. The Morgan fingerprint density at radius 3 is 3.13 bits per heavy atom. The van der Waals surface area contributed by atoms with E-state index in [0.717, 1.165) is 31.8 Å². The van der Waals surface area contributed by atoms with E-state index < -0.39 is 0 Å². The largest absolute Gasteiger partial charge is 0.355 e. The van der Waals surface area contributed by atoms with Crippen molar-refractivity contribution in [3.05, 3.63) is 0 Å². The van der Waals surface area contributed by atoms with Crippen LogP contribution < -0.4 is 10.6 Å². The van der Waals surface area contributed by atoms with E-state index in [1.807, 2.05) is 0 Å². The standard InChI is InChI=1S/C11H22N2OS/c1-2-6-15-9-11(14)13-8-10-4-3-5-12-7-10/h10,12H,2-9H2,1H3,(H,13,14). The van der Waals surface area contributed by atoms with Crippen molar-refractivity contribution in [1.29, 1.82) is 0 Å². The van der Waals surface area contributed by atoms with Gasteiger partial charge in [0.05, 0.1) is 5.75 Å². The molecule has 4 heteroatoms. The predicted octanol–water partition coefficient (Wildman–Crippen LogP) is 1.25. The molecule has 0 bridgehead atoms. The highest BCUT2D eigenvalue weighted by Gasteiger charge is 2.13. The van der Waals surface area contributed by atoms with E-state index in [0.29, 0.717) is 11.7 Å². The molecule has 2 N–H and O–H groups in total. The van der Waals surface area contributed by atoms with Crippen LogP contribution in [0.4, 0.5) is 0 Å². The minimum Gasteiger partial charge on any atom is -0.355 e. The molecular weight excluding hydrogens is 208 g/mol. The highest BCUT2D eigenvalue weighted by atomic mass is 32.2. The van der Waals surface area contributed by atoms with E-state index >= 15 is 0 Å². The molecular formula is C11H22N2OS. The molecule has 1 unspecified atom stereocenters. The lowest BCUT2D eigenvalue weighted by Crippen LogP contribution is -2.38. The number of hydrogen-bond acceptors (Lipinski definition) is 3. The summed E-state index contributed by atoms with van der Waals surface area (Å²) in [4.78, 5) is 11.4. The zero-order valence-electron chi connectivity index (χ0n) is 9.55. The Morgan fingerprint density at radius 2 is 2.47 bits per heavy atom. The molecule has 0 aromatic carbocycles. The Bertz CT molecular complexity index is 181. The minimum absolute atomic E-state index is 0.194. The van der Waals surface area contributed by atoms with Gasteiger partial charge in [-0.2, -0.15) is 11.8 Å². The van der Waals surface area contributed by atoms with Crippen molar-refractivity contribution >= 4 is 17.7 Å². The first-order valence-electron chi connectivity index (χ1n) is 5.88. The molecule has 1 fully saturated rings. The van der Waals surface area contributed by atoms with Crippen LogP contribution in [0.5, 0.6) is 0 Å². The summed E-state index contributed by atoms with van der Waals surface area (Å²) in [6, 6.07) is 0. The summed E-state index contributed by atoms with van der Waals surface area (Å²) in [5.74, 6) is 2.53. The van der Waals surface area contributed by atoms with Gasteiger partial charge >= 0.3 is 0 Å². The fraction of sp³-hybridized carbons (Fsp3) is 0.909. The van der Waals surface area contributed by atoms with Crippen molar-refractivity contribution in [2.75, 3.05) is 31.1 Å². The van der Waals surface area contributed by atoms with Crippen LogP contribution in [0.3, 0.4) is 0 Å². The number of thioether (sulfide) groups is 1. The quantitative estimate of drug-likeness (QED) is 0.675. The van der Waals surface area contributed by atoms with Gasteiger partial charge in [0.25, 0.3) is 0 Å². The molecule has 1 aliphatic rings. The fourth-order valence-corrected chi connectivity index (χ4v) is 2.44. The van der Waals surface area contributed by atoms with Crippen molar-refractivity contribution in [2.45, 2.75) is 26.2 Å². The van der Waals surface area contributed by atoms with Crippen LogP contribution >= 0.6 is 11.8 Å². The second kappa shape index (κ2) is 7.99. The molecule has 0 aromatic rings. The van der Waals surface area contributed by atoms with Crippen LogP contribution in [0.2, 0.25) is 0 Å². The van der Waals surface area contributed by atoms with Gasteiger partial charge < -0.3 is 10.6 Å². The summed E-state index contributed by atoms with van der Waals surface area (Å²) in [7, 11) is 0. The van der Waals surface area contributed by atoms with Crippen molar-refractivity contribution in [3.63, 3.8) is 0 Å². The first kappa shape index (κ1) is 12.8. The van der Waals surface area contributed by atoms with Gasteiger partial charge in [-0.3, -0.25) is 4.79 Å². The first-order chi connectivity index (χ1) is 7.33. The van der Waals surface area contributed by atoms with Gasteiger partial charge in [-0.25, -0.2) is 0 Å². The first-order valence-corrected chi connectivity index (χ1v) is 7.03. The molecule has 1 atom stereocenters. The molecule has 3 nitrogen and oxygen atoms in total. The van der Waals surface area contributed by atoms with Gasteiger partial charge in [0.15, 0.2) is 0 Å². The highest BCUT2D eigenvalue weighted by Crippen LogP contribution is 2.08. The third kappa shape index (κ3) is 6.05. The van der Waals surface area contributed by atoms with Gasteiger partial charge in [-0.15, -0.1) is 0 Å². The van der Waals surface area contributed by atoms with Crippen LogP contribution in [-0.2, 0) is 4.79 Å². The Balaban J connectivity index is 2.00. The SMILES string of the molecule is CCCSCC(=O)NCC1CCCNC1. The molecule has 1 heterocycles. The molecule has 0 saturated carbocycles. The van der Waals surface area contributed by atoms with Crippen LogP contribution in [0.1, 0.15) is 26.2 Å². The van der Waals surface area contributed by atoms with E-state index in [1.165, 1.54) is 12.8 Å². The summed E-state index contributed by atoms with van der Waals surface area (Å²) in [5.41, 5.74) is 0. The number of carbonyl (C=O) groups excluding carboxylic acids is 1. The van der Waals surface area contributed by atoms with Crippen molar-refractivity contribution in [3.8, 4) is 0 Å². The van der Waals surface area contributed by atoms with E-state index in [-0.39, 0.29) is 5.91 Å². The lowest BCUT2D eigenvalue weighted by molar-refractivity contribution is -0.118. The monoisotopic (exact) mass is 230 g/mol. The number of carbonyl (C=O) groups is 1. The zero-order chi connectivity index (χ0) is 10.9. The summed E-state index contributed by atoms with van der Waals surface area (Å²) < 4.78 is 0. The molecule has 88 valence electrons. The van der Waals surface area contributed by atoms with Crippen LogP contribution in [0.25, 0.3) is 0 Å². The normalized spacial score (nSPS) is 21.3. The van der Waals surface area contributed by atoms with Crippen LogP contribution in [0.15, 0.2) is 0 Å². The van der Waals surface area contributed by atoms with E-state index in [9.17, 15) is 4.79 Å². The van der Waals surface area contributed by atoms with Gasteiger partial charge in [0.1, 0.15) is 0 Å². The lowest BCUT2D eigenvalue weighted by atomic mass is 10.00. The average molecular weight is 230 g/mol. The van der Waals surface area contributed by atoms with Crippen molar-refractivity contribution in [1.82, 2.24) is 10.6 Å². The third-order valence-electron chi connectivity index (χ3n) is 2.57. The molecule has 15 heavy (non-hydrogen) atoms. The van der Waals surface area contributed by atoms with Gasteiger partial charge in [0.2, 0.25) is 5.91 Å². The van der Waals surface area contributed by atoms with Gasteiger partial charge in [-0.1, -0.05) is 6.92 Å². The number of nitrogens with one attached hydrogen (secondary N) is 2. The Labute approximate surface area is 96.8 Å². The number of hydrogen-bond donors (Lipinski definition) is 2. The third-order valence-corrected chi connectivity index (χ3v) is 3.73. The minimum atomic E-state index is 0.194. The smallest absolute Gasteiger partial charge is 0.230 e. The maximum Gasteiger partial charge on any atom is 0.230 e. The molecule has 0 spiro atoms. The molecule has 1 rings (SSSR count). The predicted molar refractivity (Wildman–Crippen MR) is 66.2 cm³/mol. The topological polar surface area (TPSA) is 41.1 Å². The summed E-state index contributed by atoms with van der Waals surface area (Å²) in [6.45, 7) is 5.18. The summed E-state index contributed by atoms with van der Waals surface area (Å²) in [6.07, 6.45) is 3.63. The van der Waals surface area contributed by atoms with E-state index in [4.69, 9.17) is 0 Å². The average Bonchev–Trinajstić information content (AvgIpc) is 2.28. The Kier molecular flexibility index (Phi) is 6.85. The Hall–Kier alpha value is -0.220. The molecule has 0 aliphatic carbocycles. The lowest BCUT2D eigenvalue weighted by Gasteiger charge is -2.22. The summed E-state index contributed by atoms with van der Waals surface area (Å²) in [5, 5.41) is 6.37. The van der Waals surface area contributed by atoms with Gasteiger partial charge in [-0.05, 0) is 44.0 Å². The zero-order valence-corrected chi connectivity index (χ0v) is 10.4. The number of rotatable bonds is 6. The van der Waals surface area contributed by atoms with Crippen molar-refractivity contribution in [2.24, 2.45) is 5.92 Å². The van der Waals surface area contributed by atoms with Crippen molar-refractivity contribution < 1.29 is 4.79 Å². The summed E-state index contributed by atoms with van der Waals surface area (Å²) >= 11 is 1.72. The molecule has 0 aromatic heterocycles. The second-order valence-corrected chi connectivity index (χ2v) is 5.17. The molecule has 1 saturated heterocycles. The second-order valence-electron chi connectivity index (χ2n) is 4.07. The number of amides is 1. The van der Waals surface area contributed by atoms with E-state index in [2.05, 4.69) is 17.6 Å². The van der Waals surface area contributed by atoms with E-state index in [1.54, 1.807) is 11.8 Å². The highest BCUT2D eigenvalue weighted by molar-refractivity contribution is 7.99. The maximum absolute atomic E-state index is 11.4. The van der Waals surface area contributed by atoms with Gasteiger partial charge in [0, 0.05) is 6.54 Å². The molecule has 1 aliphatic heterocycles. The van der Waals surface area contributed by atoms with Crippen LogP contribution in [-0.4, -0.2) is 37.0 Å². The molecule has 1 amide bonds. The van der Waals surface area contributed by atoms with Crippen LogP contribution in [0, 0.1) is 5.92 Å². The maximum atomic E-state index is 11.4. The number of piperidine rings is 1. The Morgan fingerprint density at radius 1 is 1.60 bits per heavy atom.